The highest BCUT2D eigenvalue weighted by molar-refractivity contribution is 7.88. The van der Waals surface area contributed by atoms with Crippen molar-refractivity contribution in [2.24, 2.45) is 5.92 Å². The highest BCUT2D eigenvalue weighted by atomic mass is 32.2. The van der Waals surface area contributed by atoms with E-state index in [1.807, 2.05) is 31.2 Å². The van der Waals surface area contributed by atoms with E-state index in [4.69, 9.17) is 4.74 Å². The summed E-state index contributed by atoms with van der Waals surface area (Å²) in [6, 6.07) is 7.58. The number of hydrogen-bond donors (Lipinski definition) is 1. The monoisotopic (exact) mass is 340 g/mol. The molecule has 1 aliphatic rings. The minimum Gasteiger partial charge on any atom is -0.484 e. The summed E-state index contributed by atoms with van der Waals surface area (Å²) in [4.78, 5) is 14.0. The van der Waals surface area contributed by atoms with Crippen LogP contribution in [0.5, 0.6) is 5.75 Å². The molecule has 0 bridgehead atoms. The van der Waals surface area contributed by atoms with E-state index in [1.54, 1.807) is 4.90 Å². The van der Waals surface area contributed by atoms with Crippen molar-refractivity contribution in [2.75, 3.05) is 32.5 Å². The largest absolute Gasteiger partial charge is 0.484 e. The molecule has 1 amide bonds. The highest BCUT2D eigenvalue weighted by Gasteiger charge is 2.24. The number of nitrogens with zero attached hydrogens (tertiary/aromatic N) is 1. The van der Waals surface area contributed by atoms with Crippen molar-refractivity contribution < 1.29 is 17.9 Å². The molecule has 0 aromatic heterocycles. The lowest BCUT2D eigenvalue weighted by Crippen LogP contribution is -2.45. The Bertz CT molecular complexity index is 645. The number of amides is 1. The molecule has 1 aliphatic heterocycles. The van der Waals surface area contributed by atoms with E-state index in [-0.39, 0.29) is 18.4 Å². The molecular weight excluding hydrogens is 316 g/mol. The van der Waals surface area contributed by atoms with Crippen LogP contribution >= 0.6 is 0 Å². The van der Waals surface area contributed by atoms with Gasteiger partial charge in [0.2, 0.25) is 10.0 Å². The van der Waals surface area contributed by atoms with Gasteiger partial charge in [-0.3, -0.25) is 4.79 Å². The molecule has 0 spiro atoms. The first-order valence-electron chi connectivity index (χ1n) is 7.75. The predicted molar refractivity (Wildman–Crippen MR) is 88.8 cm³/mol. The van der Waals surface area contributed by atoms with Crippen molar-refractivity contribution in [3.05, 3.63) is 29.8 Å². The molecule has 128 valence electrons. The maximum absolute atomic E-state index is 12.3. The first-order valence-corrected chi connectivity index (χ1v) is 9.64. The number of rotatable bonds is 6. The third-order valence-electron chi connectivity index (χ3n) is 3.86. The number of carbonyl (C=O) groups is 1. The van der Waals surface area contributed by atoms with E-state index < -0.39 is 10.0 Å². The first kappa shape index (κ1) is 17.7. The van der Waals surface area contributed by atoms with Crippen molar-refractivity contribution >= 4 is 15.9 Å². The molecule has 6 nitrogen and oxygen atoms in total. The lowest BCUT2D eigenvalue weighted by atomic mass is 9.98. The normalized spacial score (nSPS) is 18.7. The van der Waals surface area contributed by atoms with E-state index in [9.17, 15) is 13.2 Å². The molecule has 0 aliphatic carbocycles. The van der Waals surface area contributed by atoms with Gasteiger partial charge in [-0.25, -0.2) is 13.1 Å². The number of benzene rings is 1. The number of carbonyl (C=O) groups excluding carboxylic acids is 1. The summed E-state index contributed by atoms with van der Waals surface area (Å²) in [5.41, 5.74) is 1.08. The van der Waals surface area contributed by atoms with Crippen LogP contribution in [0.15, 0.2) is 24.3 Å². The van der Waals surface area contributed by atoms with Gasteiger partial charge >= 0.3 is 0 Å². The summed E-state index contributed by atoms with van der Waals surface area (Å²) < 4.78 is 30.4. The molecule has 1 fully saturated rings. The second kappa shape index (κ2) is 7.79. The van der Waals surface area contributed by atoms with Gasteiger partial charge in [-0.1, -0.05) is 12.1 Å². The molecule has 1 aromatic rings. The summed E-state index contributed by atoms with van der Waals surface area (Å²) in [6.07, 6.45) is 2.95. The third kappa shape index (κ3) is 6.19. The van der Waals surface area contributed by atoms with Crippen molar-refractivity contribution in [1.82, 2.24) is 9.62 Å². The lowest BCUT2D eigenvalue weighted by molar-refractivity contribution is -0.135. The number of hydrogen-bond acceptors (Lipinski definition) is 4. The zero-order valence-corrected chi connectivity index (χ0v) is 14.4. The fraction of sp³-hybridized carbons (Fsp3) is 0.562. The molecule has 0 saturated carbocycles. The zero-order chi connectivity index (χ0) is 16.9. The molecule has 0 unspecified atom stereocenters. The molecule has 23 heavy (non-hydrogen) atoms. The predicted octanol–water partition coefficient (Wildman–Crippen LogP) is 1.16. The Kier molecular flexibility index (Phi) is 6.01. The Balaban J connectivity index is 1.82. The van der Waals surface area contributed by atoms with Gasteiger partial charge in [-0.2, -0.15) is 0 Å². The van der Waals surface area contributed by atoms with E-state index in [1.165, 1.54) is 0 Å². The van der Waals surface area contributed by atoms with E-state index >= 15 is 0 Å². The van der Waals surface area contributed by atoms with E-state index in [2.05, 4.69) is 4.72 Å². The van der Waals surface area contributed by atoms with Crippen LogP contribution in [0.1, 0.15) is 18.4 Å². The van der Waals surface area contributed by atoms with Crippen LogP contribution in [0.4, 0.5) is 0 Å². The highest BCUT2D eigenvalue weighted by Crippen LogP contribution is 2.17. The number of piperidine rings is 1. The maximum Gasteiger partial charge on any atom is 0.260 e. The van der Waals surface area contributed by atoms with Crippen molar-refractivity contribution in [1.29, 1.82) is 0 Å². The Hall–Kier alpha value is -1.60. The van der Waals surface area contributed by atoms with E-state index in [0.717, 1.165) is 24.7 Å². The van der Waals surface area contributed by atoms with Crippen LogP contribution in [0, 0.1) is 12.8 Å². The summed E-state index contributed by atoms with van der Waals surface area (Å²) >= 11 is 0. The zero-order valence-electron chi connectivity index (χ0n) is 13.6. The molecule has 1 heterocycles. The second-order valence-electron chi connectivity index (χ2n) is 6.07. The van der Waals surface area contributed by atoms with E-state index in [0.29, 0.717) is 25.4 Å². The molecule has 7 heteroatoms. The lowest BCUT2D eigenvalue weighted by Gasteiger charge is -2.32. The average Bonchev–Trinajstić information content (AvgIpc) is 2.50. The number of ether oxygens (including phenoxy) is 1. The van der Waals surface area contributed by atoms with Gasteiger partial charge in [0.15, 0.2) is 6.61 Å². The third-order valence-corrected chi connectivity index (χ3v) is 4.55. The van der Waals surface area contributed by atoms with Gasteiger partial charge in [0, 0.05) is 19.6 Å². The summed E-state index contributed by atoms with van der Waals surface area (Å²) in [6.45, 7) is 3.62. The minimum absolute atomic E-state index is 0.00960. The maximum atomic E-state index is 12.3. The van der Waals surface area contributed by atoms with Crippen LogP contribution in [0.3, 0.4) is 0 Å². The van der Waals surface area contributed by atoms with Crippen LogP contribution in [-0.2, 0) is 14.8 Å². The van der Waals surface area contributed by atoms with Gasteiger partial charge < -0.3 is 9.64 Å². The fourth-order valence-electron chi connectivity index (χ4n) is 2.67. The number of aryl methyl sites for hydroxylation is 1. The standard InChI is InChI=1S/C16H24N2O4S/c1-13-5-3-7-15(9-13)22-12-16(19)18-8-4-6-14(11-18)10-17-23(2,20)21/h3,5,7,9,14,17H,4,6,8,10-12H2,1-2H3/t14-/m0/s1. The van der Waals surface area contributed by atoms with Gasteiger partial charge in [0.05, 0.1) is 6.26 Å². The van der Waals surface area contributed by atoms with Crippen LogP contribution in [-0.4, -0.2) is 51.7 Å². The van der Waals surface area contributed by atoms with Gasteiger partial charge in [0.25, 0.3) is 5.91 Å². The fourth-order valence-corrected chi connectivity index (χ4v) is 3.21. The van der Waals surface area contributed by atoms with Crippen LogP contribution in [0.25, 0.3) is 0 Å². The molecular formula is C16H24N2O4S. The molecule has 1 saturated heterocycles. The van der Waals surface area contributed by atoms with Gasteiger partial charge in [-0.15, -0.1) is 0 Å². The quantitative estimate of drug-likeness (QED) is 0.843. The molecule has 1 atom stereocenters. The number of likely N-dealkylation sites (tertiary alicyclic amines) is 1. The minimum atomic E-state index is -3.19. The Morgan fingerprint density at radius 1 is 1.43 bits per heavy atom. The smallest absolute Gasteiger partial charge is 0.260 e. The molecule has 1 N–H and O–H groups in total. The number of nitrogens with one attached hydrogen (secondary N) is 1. The van der Waals surface area contributed by atoms with Crippen molar-refractivity contribution in [3.8, 4) is 5.75 Å². The second-order valence-corrected chi connectivity index (χ2v) is 7.91. The SMILES string of the molecule is Cc1cccc(OCC(=O)N2CCC[C@@H](CNS(C)(=O)=O)C2)c1. The van der Waals surface area contributed by atoms with Gasteiger partial charge in [-0.05, 0) is 43.4 Å². The summed E-state index contributed by atoms with van der Waals surface area (Å²) in [7, 11) is -3.19. The summed E-state index contributed by atoms with van der Waals surface area (Å²) in [5.74, 6) is 0.780. The first-order chi connectivity index (χ1) is 10.8. The molecule has 0 radical (unpaired) electrons. The van der Waals surface area contributed by atoms with Crippen LogP contribution in [0.2, 0.25) is 0 Å². The number of sulfonamides is 1. The summed E-state index contributed by atoms with van der Waals surface area (Å²) in [5, 5.41) is 0. The Labute approximate surface area is 137 Å². The van der Waals surface area contributed by atoms with Gasteiger partial charge in [0.1, 0.15) is 5.75 Å². The van der Waals surface area contributed by atoms with Crippen molar-refractivity contribution in [2.45, 2.75) is 19.8 Å². The average molecular weight is 340 g/mol. The molecule has 1 aromatic carbocycles. The topological polar surface area (TPSA) is 75.7 Å². The Morgan fingerprint density at radius 3 is 2.91 bits per heavy atom. The van der Waals surface area contributed by atoms with Crippen molar-refractivity contribution in [3.63, 3.8) is 0 Å². The Morgan fingerprint density at radius 2 is 2.22 bits per heavy atom. The van der Waals surface area contributed by atoms with Crippen LogP contribution < -0.4 is 9.46 Å². The molecule has 2 rings (SSSR count).